The molecule has 2 N–H and O–H groups in total. The van der Waals surface area contributed by atoms with Crippen LogP contribution in [0.15, 0.2) is 24.3 Å². The molecule has 1 aliphatic rings. The first-order valence-electron chi connectivity index (χ1n) is 7.51. The largest absolute Gasteiger partial charge is 0.465 e. The van der Waals surface area contributed by atoms with Gasteiger partial charge in [-0.25, -0.2) is 4.79 Å². The number of carbonyl (C=O) groups excluding carboxylic acids is 2. The van der Waals surface area contributed by atoms with Crippen LogP contribution < -0.4 is 10.2 Å². The molecule has 1 fully saturated rings. The molecule has 0 unspecified atom stereocenters. The van der Waals surface area contributed by atoms with E-state index < -0.39 is 0 Å². The number of carbonyl (C=O) groups is 2. The van der Waals surface area contributed by atoms with Crippen LogP contribution in [0.4, 0.5) is 5.69 Å². The number of ether oxygens (including phenoxy) is 1. The van der Waals surface area contributed by atoms with Crippen LogP contribution >= 0.6 is 0 Å². The second-order valence-corrected chi connectivity index (χ2v) is 5.46. The molecule has 1 aliphatic heterocycles. The van der Waals surface area contributed by atoms with Crippen LogP contribution in [-0.4, -0.2) is 38.6 Å². The lowest BCUT2D eigenvalue weighted by molar-refractivity contribution is -0.890. The number of methoxy groups -OCH3 is 1. The lowest BCUT2D eigenvalue weighted by atomic mass is 10.2. The molecule has 1 amide bonds. The van der Waals surface area contributed by atoms with Crippen molar-refractivity contribution in [2.45, 2.75) is 25.7 Å². The summed E-state index contributed by atoms with van der Waals surface area (Å²) in [6.45, 7) is 2.67. The fraction of sp³-hybridized carbons (Fsp3) is 0.500. The van der Waals surface area contributed by atoms with E-state index in [0.29, 0.717) is 17.8 Å². The zero-order chi connectivity index (χ0) is 15.1. The van der Waals surface area contributed by atoms with Gasteiger partial charge in [0.2, 0.25) is 0 Å². The Morgan fingerprint density at radius 2 is 1.71 bits per heavy atom. The van der Waals surface area contributed by atoms with E-state index in [1.54, 1.807) is 24.3 Å². The Morgan fingerprint density at radius 1 is 1.10 bits per heavy atom. The van der Waals surface area contributed by atoms with Gasteiger partial charge >= 0.3 is 5.97 Å². The molecule has 1 heterocycles. The van der Waals surface area contributed by atoms with Crippen LogP contribution in [0.25, 0.3) is 0 Å². The molecule has 0 radical (unpaired) electrons. The Hall–Kier alpha value is -1.88. The van der Waals surface area contributed by atoms with Gasteiger partial charge in [-0.2, -0.15) is 0 Å². The molecule has 1 aromatic rings. The third kappa shape index (κ3) is 4.86. The minimum absolute atomic E-state index is 0.0257. The van der Waals surface area contributed by atoms with Gasteiger partial charge in [0.1, 0.15) is 0 Å². The van der Waals surface area contributed by atoms with E-state index in [1.165, 1.54) is 37.7 Å². The average molecular weight is 291 g/mol. The predicted molar refractivity (Wildman–Crippen MR) is 80.4 cm³/mol. The zero-order valence-corrected chi connectivity index (χ0v) is 12.5. The van der Waals surface area contributed by atoms with Crippen molar-refractivity contribution in [2.24, 2.45) is 0 Å². The van der Waals surface area contributed by atoms with E-state index >= 15 is 0 Å². The lowest BCUT2D eigenvalue weighted by Gasteiger charge is -2.16. The molecule has 0 bridgehead atoms. The summed E-state index contributed by atoms with van der Waals surface area (Å²) in [4.78, 5) is 24.7. The second kappa shape index (κ2) is 7.78. The van der Waals surface area contributed by atoms with E-state index in [9.17, 15) is 9.59 Å². The predicted octanol–water partition coefficient (Wildman–Crippen LogP) is 0.871. The molecule has 0 saturated carbocycles. The van der Waals surface area contributed by atoms with Gasteiger partial charge in [0.05, 0.1) is 25.8 Å². The van der Waals surface area contributed by atoms with Gasteiger partial charge in [-0.1, -0.05) is 0 Å². The SMILES string of the molecule is COC(=O)c1ccc(NC(=O)C[NH+]2CCCCCC2)cc1. The van der Waals surface area contributed by atoms with Crippen molar-refractivity contribution in [2.75, 3.05) is 32.1 Å². The average Bonchev–Trinajstić information content (AvgIpc) is 2.75. The highest BCUT2D eigenvalue weighted by molar-refractivity contribution is 5.93. The van der Waals surface area contributed by atoms with Crippen LogP contribution in [0.1, 0.15) is 36.0 Å². The number of hydrogen-bond donors (Lipinski definition) is 2. The number of anilines is 1. The molecular weight excluding hydrogens is 268 g/mol. The summed E-state index contributed by atoms with van der Waals surface area (Å²) in [5, 5.41) is 2.88. The van der Waals surface area contributed by atoms with Crippen molar-refractivity contribution in [1.29, 1.82) is 0 Å². The van der Waals surface area contributed by atoms with Crippen molar-refractivity contribution in [3.8, 4) is 0 Å². The maximum atomic E-state index is 12.0. The van der Waals surface area contributed by atoms with Gasteiger partial charge in [-0.15, -0.1) is 0 Å². The lowest BCUT2D eigenvalue weighted by Crippen LogP contribution is -3.12. The standard InChI is InChI=1S/C16H22N2O3/c1-21-16(20)13-6-8-14(9-7-13)17-15(19)12-18-10-4-2-3-5-11-18/h6-9H,2-5,10-12H2,1H3,(H,17,19)/p+1. The minimum Gasteiger partial charge on any atom is -0.465 e. The quantitative estimate of drug-likeness (QED) is 0.809. The summed E-state index contributed by atoms with van der Waals surface area (Å²) in [6.07, 6.45) is 4.97. The number of quaternary nitrogens is 1. The number of hydrogen-bond acceptors (Lipinski definition) is 3. The Morgan fingerprint density at radius 3 is 2.29 bits per heavy atom. The van der Waals surface area contributed by atoms with Gasteiger partial charge in [-0.3, -0.25) is 4.79 Å². The Bertz CT molecular complexity index is 477. The van der Waals surface area contributed by atoms with E-state index in [4.69, 9.17) is 0 Å². The molecular formula is C16H23N2O3+. The van der Waals surface area contributed by atoms with Gasteiger partial charge in [-0.05, 0) is 49.9 Å². The second-order valence-electron chi connectivity index (χ2n) is 5.46. The van der Waals surface area contributed by atoms with Gasteiger partial charge < -0.3 is 15.0 Å². The number of amides is 1. The van der Waals surface area contributed by atoms with Crippen LogP contribution in [0, 0.1) is 0 Å². The van der Waals surface area contributed by atoms with Crippen molar-refractivity contribution in [3.05, 3.63) is 29.8 Å². The van der Waals surface area contributed by atoms with E-state index in [2.05, 4.69) is 10.1 Å². The van der Waals surface area contributed by atoms with Crippen molar-refractivity contribution < 1.29 is 19.2 Å². The van der Waals surface area contributed by atoms with Crippen molar-refractivity contribution in [3.63, 3.8) is 0 Å². The highest BCUT2D eigenvalue weighted by Gasteiger charge is 2.16. The molecule has 0 aliphatic carbocycles. The minimum atomic E-state index is -0.373. The molecule has 114 valence electrons. The topological polar surface area (TPSA) is 59.8 Å². The molecule has 0 aromatic heterocycles. The molecule has 21 heavy (non-hydrogen) atoms. The van der Waals surface area contributed by atoms with Crippen LogP contribution in [0.3, 0.4) is 0 Å². The molecule has 2 rings (SSSR count). The van der Waals surface area contributed by atoms with E-state index in [1.807, 2.05) is 0 Å². The first kappa shape index (κ1) is 15.5. The summed E-state index contributed by atoms with van der Waals surface area (Å²) in [5.74, 6) is -0.348. The molecule has 1 aromatic carbocycles. The third-order valence-electron chi connectivity index (χ3n) is 3.81. The smallest absolute Gasteiger partial charge is 0.337 e. The fourth-order valence-corrected chi connectivity index (χ4v) is 2.65. The van der Waals surface area contributed by atoms with Crippen LogP contribution in [0.2, 0.25) is 0 Å². The summed E-state index contributed by atoms with van der Waals surface area (Å²) in [5.41, 5.74) is 1.19. The van der Waals surface area contributed by atoms with Crippen molar-refractivity contribution >= 4 is 17.6 Å². The Balaban J connectivity index is 1.85. The summed E-state index contributed by atoms with van der Waals surface area (Å²) in [6, 6.07) is 6.75. The highest BCUT2D eigenvalue weighted by atomic mass is 16.5. The molecule has 5 heteroatoms. The zero-order valence-electron chi connectivity index (χ0n) is 12.5. The number of esters is 1. The van der Waals surface area contributed by atoms with E-state index in [0.717, 1.165) is 13.1 Å². The first-order valence-corrected chi connectivity index (χ1v) is 7.51. The normalized spacial score (nSPS) is 16.0. The Labute approximate surface area is 125 Å². The molecule has 5 nitrogen and oxygen atoms in total. The molecule has 0 spiro atoms. The molecule has 1 saturated heterocycles. The van der Waals surface area contributed by atoms with Crippen LogP contribution in [0.5, 0.6) is 0 Å². The fourth-order valence-electron chi connectivity index (χ4n) is 2.65. The van der Waals surface area contributed by atoms with Gasteiger partial charge in [0.25, 0.3) is 5.91 Å². The number of benzene rings is 1. The first-order chi connectivity index (χ1) is 10.2. The maximum Gasteiger partial charge on any atom is 0.337 e. The highest BCUT2D eigenvalue weighted by Crippen LogP contribution is 2.10. The van der Waals surface area contributed by atoms with Crippen molar-refractivity contribution in [1.82, 2.24) is 0 Å². The summed E-state index contributed by atoms with van der Waals surface area (Å²) in [7, 11) is 1.35. The van der Waals surface area contributed by atoms with E-state index in [-0.39, 0.29) is 11.9 Å². The number of nitrogens with one attached hydrogen (secondary N) is 2. The van der Waals surface area contributed by atoms with Gasteiger partial charge in [0, 0.05) is 5.69 Å². The number of likely N-dealkylation sites (tertiary alicyclic amines) is 1. The third-order valence-corrected chi connectivity index (χ3v) is 3.81. The maximum absolute atomic E-state index is 12.0. The summed E-state index contributed by atoms with van der Waals surface area (Å²) >= 11 is 0. The summed E-state index contributed by atoms with van der Waals surface area (Å²) < 4.78 is 4.64. The number of rotatable bonds is 4. The van der Waals surface area contributed by atoms with Gasteiger partial charge in [0.15, 0.2) is 6.54 Å². The van der Waals surface area contributed by atoms with Crippen LogP contribution in [-0.2, 0) is 9.53 Å². The monoisotopic (exact) mass is 291 g/mol. The Kier molecular flexibility index (Phi) is 5.75. The molecule has 0 atom stereocenters.